The van der Waals surface area contributed by atoms with Crippen molar-refractivity contribution < 1.29 is 14.4 Å². The molecule has 24 heavy (non-hydrogen) atoms. The summed E-state index contributed by atoms with van der Waals surface area (Å²) in [7, 11) is 0. The van der Waals surface area contributed by atoms with Gasteiger partial charge in [-0.05, 0) is 54.4 Å². The highest BCUT2D eigenvalue weighted by molar-refractivity contribution is 6.30. The molecular weight excluding hydrogens is 328 g/mol. The summed E-state index contributed by atoms with van der Waals surface area (Å²) in [6.07, 6.45) is 5.33. The molecular formula is C18H15ClN2O3. The van der Waals surface area contributed by atoms with E-state index in [1.54, 1.807) is 24.3 Å². The van der Waals surface area contributed by atoms with Crippen LogP contribution in [0.3, 0.4) is 0 Å². The van der Waals surface area contributed by atoms with E-state index in [0.29, 0.717) is 22.4 Å². The molecule has 1 aliphatic heterocycles. The largest absolute Gasteiger partial charge is 0.272 e. The van der Waals surface area contributed by atoms with Crippen molar-refractivity contribution in [1.82, 2.24) is 10.4 Å². The van der Waals surface area contributed by atoms with Crippen molar-refractivity contribution in [2.75, 3.05) is 0 Å². The number of nitrogens with zero attached hydrogens (tertiary/aromatic N) is 1. The summed E-state index contributed by atoms with van der Waals surface area (Å²) in [5, 5.41) is 1.47. The molecule has 5 aliphatic rings. The third kappa shape index (κ3) is 1.79. The maximum absolute atomic E-state index is 12.8. The average Bonchev–Trinajstić information content (AvgIpc) is 3.36. The molecule has 4 aliphatic carbocycles. The van der Waals surface area contributed by atoms with Crippen molar-refractivity contribution in [3.8, 4) is 0 Å². The number of imide groups is 1. The Morgan fingerprint density at radius 3 is 2.08 bits per heavy atom. The molecule has 0 aromatic heterocycles. The maximum Gasteiger partial charge on any atom is 0.270 e. The molecule has 5 nitrogen and oxygen atoms in total. The fraction of sp³-hybridized carbons (Fsp3) is 0.389. The average molecular weight is 343 g/mol. The molecule has 1 aromatic carbocycles. The zero-order valence-electron chi connectivity index (χ0n) is 12.7. The van der Waals surface area contributed by atoms with Crippen LogP contribution >= 0.6 is 11.6 Å². The Morgan fingerprint density at radius 1 is 1.00 bits per heavy atom. The zero-order valence-corrected chi connectivity index (χ0v) is 13.4. The third-order valence-corrected chi connectivity index (χ3v) is 6.23. The van der Waals surface area contributed by atoms with E-state index in [2.05, 4.69) is 17.6 Å². The predicted molar refractivity (Wildman–Crippen MR) is 85.5 cm³/mol. The number of carbonyl (C=O) groups is 3. The van der Waals surface area contributed by atoms with Gasteiger partial charge in [-0.1, -0.05) is 23.8 Å². The Balaban J connectivity index is 1.40. The molecule has 2 saturated carbocycles. The molecule has 6 rings (SSSR count). The Hall–Kier alpha value is -2.14. The number of halogens is 1. The number of hydrazine groups is 1. The number of benzene rings is 1. The van der Waals surface area contributed by atoms with Crippen LogP contribution in [0.2, 0.25) is 5.02 Å². The SMILES string of the molecule is O=C(NN1C(=O)[C@@H]2C3C=CC(C4CC43)[C@@H]2C1=O)c1ccc(Cl)cc1. The summed E-state index contributed by atoms with van der Waals surface area (Å²) < 4.78 is 0. The molecule has 1 N–H and O–H groups in total. The van der Waals surface area contributed by atoms with Crippen molar-refractivity contribution >= 4 is 29.3 Å². The third-order valence-electron chi connectivity index (χ3n) is 5.98. The summed E-state index contributed by atoms with van der Waals surface area (Å²) in [6, 6.07) is 6.33. The molecule has 3 fully saturated rings. The van der Waals surface area contributed by atoms with Crippen molar-refractivity contribution in [1.29, 1.82) is 0 Å². The van der Waals surface area contributed by atoms with E-state index in [-0.39, 0.29) is 35.5 Å². The molecule has 1 heterocycles. The monoisotopic (exact) mass is 342 g/mol. The normalized spacial score (nSPS) is 38.1. The molecule has 0 radical (unpaired) electrons. The number of nitrogens with one attached hydrogen (secondary N) is 1. The second-order valence-corrected chi connectivity index (χ2v) is 7.55. The van der Waals surface area contributed by atoms with Crippen LogP contribution in [0.1, 0.15) is 16.8 Å². The van der Waals surface area contributed by atoms with Gasteiger partial charge in [0.05, 0.1) is 11.8 Å². The Labute approximate surface area is 143 Å². The van der Waals surface area contributed by atoms with Gasteiger partial charge in [0.1, 0.15) is 0 Å². The van der Waals surface area contributed by atoms with Gasteiger partial charge in [-0.2, -0.15) is 5.01 Å². The summed E-state index contributed by atoms with van der Waals surface area (Å²) >= 11 is 5.82. The standard InChI is InChI=1S/C18H15ClN2O3/c19-9-3-1-8(2-4-9)16(22)20-21-17(23)14-10-5-6-11(13-7-12(10)13)15(14)18(21)24/h1-6,10-15H,7H2,(H,20,22)/t10?,11?,12?,13?,14-,15+. The van der Waals surface area contributed by atoms with Gasteiger partial charge >= 0.3 is 0 Å². The van der Waals surface area contributed by atoms with Crippen LogP contribution < -0.4 is 5.43 Å². The minimum Gasteiger partial charge on any atom is -0.272 e. The lowest BCUT2D eigenvalue weighted by molar-refractivity contribution is -0.143. The lowest BCUT2D eigenvalue weighted by Gasteiger charge is -2.37. The van der Waals surface area contributed by atoms with Crippen molar-refractivity contribution in [2.45, 2.75) is 6.42 Å². The molecule has 4 unspecified atom stereocenters. The highest BCUT2D eigenvalue weighted by atomic mass is 35.5. The summed E-state index contributed by atoms with van der Waals surface area (Å²) in [6.45, 7) is 0. The molecule has 6 atom stereocenters. The van der Waals surface area contributed by atoms with Gasteiger partial charge in [-0.15, -0.1) is 0 Å². The highest BCUT2D eigenvalue weighted by Gasteiger charge is 2.67. The molecule has 3 amide bonds. The Morgan fingerprint density at radius 2 is 1.54 bits per heavy atom. The van der Waals surface area contributed by atoms with Gasteiger partial charge in [0.2, 0.25) is 0 Å². The van der Waals surface area contributed by atoms with Crippen molar-refractivity contribution in [3.05, 3.63) is 47.0 Å². The fourth-order valence-corrected chi connectivity index (χ4v) is 4.96. The maximum atomic E-state index is 12.8. The van der Waals surface area contributed by atoms with Gasteiger partial charge in [0.25, 0.3) is 17.7 Å². The van der Waals surface area contributed by atoms with E-state index in [4.69, 9.17) is 11.6 Å². The number of allylic oxidation sites excluding steroid dienone is 2. The van der Waals surface area contributed by atoms with Crippen molar-refractivity contribution in [2.24, 2.45) is 35.5 Å². The zero-order chi connectivity index (χ0) is 16.6. The van der Waals surface area contributed by atoms with E-state index < -0.39 is 5.91 Å². The molecule has 2 bridgehead atoms. The van der Waals surface area contributed by atoms with Crippen molar-refractivity contribution in [3.63, 3.8) is 0 Å². The fourth-order valence-electron chi connectivity index (χ4n) is 4.83. The number of hydrogen-bond acceptors (Lipinski definition) is 3. The first-order valence-electron chi connectivity index (χ1n) is 8.19. The smallest absolute Gasteiger partial charge is 0.270 e. The minimum atomic E-state index is -0.475. The number of hydrogen-bond donors (Lipinski definition) is 1. The molecule has 1 saturated heterocycles. The Kier molecular flexibility index (Phi) is 2.78. The first-order valence-corrected chi connectivity index (χ1v) is 8.57. The molecule has 1 aromatic rings. The predicted octanol–water partition coefficient (Wildman–Crippen LogP) is 2.04. The number of carbonyl (C=O) groups excluding carboxylic acids is 3. The second kappa shape index (κ2) is 4.70. The van der Waals surface area contributed by atoms with E-state index in [9.17, 15) is 14.4 Å². The number of rotatable bonds is 2. The van der Waals surface area contributed by atoms with Crippen LogP contribution in [-0.2, 0) is 9.59 Å². The lowest BCUT2D eigenvalue weighted by Crippen LogP contribution is -2.46. The molecule has 0 spiro atoms. The Bertz CT molecular complexity index is 767. The quantitative estimate of drug-likeness (QED) is 0.660. The first kappa shape index (κ1) is 14.2. The van der Waals surface area contributed by atoms with Crippen LogP contribution in [0.25, 0.3) is 0 Å². The van der Waals surface area contributed by atoms with E-state index in [0.717, 1.165) is 11.4 Å². The van der Waals surface area contributed by atoms with E-state index >= 15 is 0 Å². The minimum absolute atomic E-state index is 0.152. The highest BCUT2D eigenvalue weighted by Crippen LogP contribution is 2.65. The van der Waals surface area contributed by atoms with Crippen LogP contribution in [0.5, 0.6) is 0 Å². The van der Waals surface area contributed by atoms with Gasteiger partial charge in [0, 0.05) is 10.6 Å². The van der Waals surface area contributed by atoms with Crippen LogP contribution in [-0.4, -0.2) is 22.7 Å². The van der Waals surface area contributed by atoms with E-state index in [1.165, 1.54) is 0 Å². The van der Waals surface area contributed by atoms with Gasteiger partial charge < -0.3 is 0 Å². The topological polar surface area (TPSA) is 66.5 Å². The molecule has 6 heteroatoms. The summed E-state index contributed by atoms with van der Waals surface area (Å²) in [5.41, 5.74) is 2.85. The first-order chi connectivity index (χ1) is 11.6. The number of amides is 3. The summed E-state index contributed by atoms with van der Waals surface area (Å²) in [4.78, 5) is 37.9. The van der Waals surface area contributed by atoms with Gasteiger partial charge in [0.15, 0.2) is 0 Å². The van der Waals surface area contributed by atoms with Crippen LogP contribution in [0, 0.1) is 35.5 Å². The second-order valence-electron chi connectivity index (χ2n) is 7.11. The van der Waals surface area contributed by atoms with Crippen LogP contribution in [0.15, 0.2) is 36.4 Å². The van der Waals surface area contributed by atoms with Gasteiger partial charge in [-0.25, -0.2) is 0 Å². The lowest BCUT2D eigenvalue weighted by atomic mass is 9.63. The van der Waals surface area contributed by atoms with Gasteiger partial charge in [-0.3, -0.25) is 19.8 Å². The van der Waals surface area contributed by atoms with Crippen LogP contribution in [0.4, 0.5) is 0 Å². The van der Waals surface area contributed by atoms with E-state index in [1.807, 2.05) is 0 Å². The molecule has 122 valence electrons. The summed E-state index contributed by atoms with van der Waals surface area (Å²) in [5.74, 6) is -0.220.